The van der Waals surface area contributed by atoms with Gasteiger partial charge in [0.25, 0.3) is 0 Å². The second kappa shape index (κ2) is 9.38. The average Bonchev–Trinajstić information content (AvgIpc) is 3.59. The highest BCUT2D eigenvalue weighted by Crippen LogP contribution is 2.29. The van der Waals surface area contributed by atoms with Gasteiger partial charge in [-0.1, -0.05) is 12.1 Å². The monoisotopic (exact) mass is 503 g/mol. The summed E-state index contributed by atoms with van der Waals surface area (Å²) in [4.78, 5) is 38.2. The van der Waals surface area contributed by atoms with Crippen LogP contribution in [0.5, 0.6) is 0 Å². The number of likely N-dealkylation sites (tertiary alicyclic amines) is 1. The van der Waals surface area contributed by atoms with Gasteiger partial charge in [0.15, 0.2) is 17.0 Å². The van der Waals surface area contributed by atoms with Crippen molar-refractivity contribution >= 4 is 33.9 Å². The Hall–Kier alpha value is -3.57. The molecule has 11 heteroatoms. The first-order valence-electron chi connectivity index (χ1n) is 12.9. The molecule has 5 heterocycles. The van der Waals surface area contributed by atoms with E-state index < -0.39 is 0 Å². The molecule has 0 radical (unpaired) electrons. The maximum Gasteiger partial charge on any atom is 0.239 e. The van der Waals surface area contributed by atoms with E-state index in [1.54, 1.807) is 6.92 Å². The number of aromatic nitrogens is 6. The van der Waals surface area contributed by atoms with E-state index in [9.17, 15) is 4.79 Å². The van der Waals surface area contributed by atoms with Crippen LogP contribution in [0.4, 0.5) is 5.82 Å². The fourth-order valence-electron chi connectivity index (χ4n) is 5.45. The summed E-state index contributed by atoms with van der Waals surface area (Å²) in [6, 6.07) is 8.30. The molecule has 4 aromatic rings. The van der Waals surface area contributed by atoms with Gasteiger partial charge in [0.1, 0.15) is 11.6 Å². The SMILES string of the molecule is CC(=O)N(C)C1CCN(Cc2nc3c(N4CCOCC4)nc(-n4c(C)nc5ccccc54)nc3n2C)C1. The molecule has 0 saturated carbocycles. The summed E-state index contributed by atoms with van der Waals surface area (Å²) in [6.07, 6.45) is 0.968. The number of carbonyl (C=O) groups is 1. The summed E-state index contributed by atoms with van der Waals surface area (Å²) in [5.41, 5.74) is 3.51. The Balaban J connectivity index is 1.42. The van der Waals surface area contributed by atoms with Gasteiger partial charge in [0.05, 0.1) is 30.8 Å². The third-order valence-corrected chi connectivity index (χ3v) is 7.68. The van der Waals surface area contributed by atoms with Crippen molar-refractivity contribution in [1.29, 1.82) is 0 Å². The van der Waals surface area contributed by atoms with Gasteiger partial charge < -0.3 is 19.1 Å². The molecular weight excluding hydrogens is 470 g/mol. The van der Waals surface area contributed by atoms with Crippen LogP contribution in [0, 0.1) is 6.92 Å². The van der Waals surface area contributed by atoms with Crippen LogP contribution in [0.3, 0.4) is 0 Å². The summed E-state index contributed by atoms with van der Waals surface area (Å²) in [6.45, 7) is 8.91. The Bertz CT molecular complexity index is 1470. The Labute approximate surface area is 215 Å². The number of nitrogens with zero attached hydrogens (tertiary/aromatic N) is 9. The van der Waals surface area contributed by atoms with Gasteiger partial charge in [-0.15, -0.1) is 0 Å². The lowest BCUT2D eigenvalue weighted by Gasteiger charge is -2.28. The van der Waals surface area contributed by atoms with E-state index in [1.165, 1.54) is 0 Å². The number of amides is 1. The van der Waals surface area contributed by atoms with Crippen molar-refractivity contribution in [3.63, 3.8) is 0 Å². The lowest BCUT2D eigenvalue weighted by molar-refractivity contribution is -0.129. The molecule has 0 N–H and O–H groups in total. The van der Waals surface area contributed by atoms with Gasteiger partial charge in [-0.2, -0.15) is 9.97 Å². The van der Waals surface area contributed by atoms with E-state index in [4.69, 9.17) is 24.7 Å². The van der Waals surface area contributed by atoms with Crippen LogP contribution in [-0.2, 0) is 23.1 Å². The standard InChI is InChI=1S/C26H33N9O2/c1-17-27-20-7-5-6-8-21(20)35(17)26-29-24-23(25(30-26)34-11-13-37-14-12-34)28-22(32(24)4)16-33-10-9-19(15-33)31(3)18(2)36/h5-8,19H,9-16H2,1-4H3. The Kier molecular flexibility index (Phi) is 6.04. The minimum absolute atomic E-state index is 0.106. The van der Waals surface area contributed by atoms with Crippen LogP contribution in [0.1, 0.15) is 25.0 Å². The summed E-state index contributed by atoms with van der Waals surface area (Å²) < 4.78 is 9.72. The predicted molar refractivity (Wildman–Crippen MR) is 141 cm³/mol. The van der Waals surface area contributed by atoms with Gasteiger partial charge >= 0.3 is 0 Å². The van der Waals surface area contributed by atoms with Crippen molar-refractivity contribution in [2.24, 2.45) is 7.05 Å². The van der Waals surface area contributed by atoms with Gasteiger partial charge in [-0.3, -0.25) is 14.3 Å². The number of likely N-dealkylation sites (N-methyl/N-ethyl adjacent to an activating group) is 1. The largest absolute Gasteiger partial charge is 0.378 e. The minimum Gasteiger partial charge on any atom is -0.378 e. The quantitative estimate of drug-likeness (QED) is 0.407. The number of ether oxygens (including phenoxy) is 1. The molecule has 0 bridgehead atoms. The van der Waals surface area contributed by atoms with E-state index in [1.807, 2.05) is 54.8 Å². The molecule has 1 unspecified atom stereocenters. The molecule has 3 aromatic heterocycles. The molecule has 11 nitrogen and oxygen atoms in total. The summed E-state index contributed by atoms with van der Waals surface area (Å²) in [5.74, 6) is 3.31. The smallest absolute Gasteiger partial charge is 0.239 e. The van der Waals surface area contributed by atoms with E-state index >= 15 is 0 Å². The van der Waals surface area contributed by atoms with Gasteiger partial charge in [-0.25, -0.2) is 9.97 Å². The van der Waals surface area contributed by atoms with Crippen LogP contribution in [0.15, 0.2) is 24.3 Å². The number of hydrogen-bond donors (Lipinski definition) is 0. The Morgan fingerprint density at radius 2 is 1.89 bits per heavy atom. The number of carbonyl (C=O) groups excluding carboxylic acids is 1. The van der Waals surface area contributed by atoms with Crippen molar-refractivity contribution in [2.75, 3.05) is 51.3 Å². The van der Waals surface area contributed by atoms with Crippen LogP contribution in [0.2, 0.25) is 0 Å². The number of anilines is 1. The number of rotatable bonds is 5. The number of aryl methyl sites for hydroxylation is 2. The minimum atomic E-state index is 0.106. The first kappa shape index (κ1) is 23.8. The molecular formula is C26H33N9O2. The zero-order valence-electron chi connectivity index (χ0n) is 21.9. The lowest BCUT2D eigenvalue weighted by atomic mass is 10.2. The van der Waals surface area contributed by atoms with E-state index in [0.717, 1.165) is 72.3 Å². The molecule has 37 heavy (non-hydrogen) atoms. The van der Waals surface area contributed by atoms with Crippen molar-refractivity contribution in [3.05, 3.63) is 35.9 Å². The molecule has 2 saturated heterocycles. The number of morpholine rings is 1. The van der Waals surface area contributed by atoms with Crippen molar-refractivity contribution < 1.29 is 9.53 Å². The molecule has 0 spiro atoms. The molecule has 1 aromatic carbocycles. The molecule has 1 atom stereocenters. The topological polar surface area (TPSA) is 97.4 Å². The number of hydrogen-bond acceptors (Lipinski definition) is 8. The highest BCUT2D eigenvalue weighted by molar-refractivity contribution is 5.86. The van der Waals surface area contributed by atoms with E-state index in [-0.39, 0.29) is 11.9 Å². The molecule has 2 fully saturated rings. The zero-order chi connectivity index (χ0) is 25.7. The number of fused-ring (bicyclic) bond motifs is 2. The van der Waals surface area contributed by atoms with E-state index in [2.05, 4.69) is 14.4 Å². The van der Waals surface area contributed by atoms with E-state index in [0.29, 0.717) is 25.7 Å². The highest BCUT2D eigenvalue weighted by atomic mass is 16.5. The fraction of sp³-hybridized carbons (Fsp3) is 0.500. The number of benzene rings is 1. The van der Waals surface area contributed by atoms with Crippen LogP contribution in [-0.4, -0.2) is 97.3 Å². The predicted octanol–water partition coefficient (Wildman–Crippen LogP) is 1.90. The first-order chi connectivity index (χ1) is 17.9. The molecule has 1 amide bonds. The Morgan fingerprint density at radius 3 is 2.68 bits per heavy atom. The third-order valence-electron chi connectivity index (χ3n) is 7.68. The molecule has 2 aliphatic heterocycles. The van der Waals surface area contributed by atoms with Crippen LogP contribution < -0.4 is 4.90 Å². The van der Waals surface area contributed by atoms with Crippen molar-refractivity contribution in [1.82, 2.24) is 38.9 Å². The van der Waals surface area contributed by atoms with Crippen molar-refractivity contribution in [2.45, 2.75) is 32.9 Å². The van der Waals surface area contributed by atoms with Crippen molar-refractivity contribution in [3.8, 4) is 5.95 Å². The molecule has 6 rings (SSSR count). The normalized spacial score (nSPS) is 18.8. The van der Waals surface area contributed by atoms with Gasteiger partial charge in [-0.05, 0) is 25.5 Å². The molecule has 194 valence electrons. The Morgan fingerprint density at radius 1 is 1.11 bits per heavy atom. The third kappa shape index (κ3) is 4.21. The lowest BCUT2D eigenvalue weighted by Crippen LogP contribution is -2.37. The van der Waals surface area contributed by atoms with Crippen LogP contribution >= 0.6 is 0 Å². The van der Waals surface area contributed by atoms with Gasteiger partial charge in [0.2, 0.25) is 11.9 Å². The molecule has 2 aliphatic rings. The fourth-order valence-corrected chi connectivity index (χ4v) is 5.45. The summed E-state index contributed by atoms with van der Waals surface area (Å²) in [5, 5.41) is 0. The van der Waals surface area contributed by atoms with Crippen LogP contribution in [0.25, 0.3) is 28.1 Å². The summed E-state index contributed by atoms with van der Waals surface area (Å²) in [7, 11) is 3.91. The maximum atomic E-state index is 11.8. The second-order valence-corrected chi connectivity index (χ2v) is 10.00. The summed E-state index contributed by atoms with van der Waals surface area (Å²) >= 11 is 0. The second-order valence-electron chi connectivity index (χ2n) is 10.00. The number of imidazole rings is 2. The van der Waals surface area contributed by atoms with Gasteiger partial charge in [0, 0.05) is 53.2 Å². The number of para-hydroxylation sites is 2. The highest BCUT2D eigenvalue weighted by Gasteiger charge is 2.29. The average molecular weight is 504 g/mol. The molecule has 0 aliphatic carbocycles. The first-order valence-corrected chi connectivity index (χ1v) is 12.9. The zero-order valence-corrected chi connectivity index (χ0v) is 21.9. The maximum absolute atomic E-state index is 11.8.